The number of allylic oxidation sites excluding steroid dienone is 4. The molecule has 0 saturated carbocycles. The first-order valence-corrected chi connectivity index (χ1v) is 4.18. The normalized spacial score (nSPS) is 11.4. The van der Waals surface area contributed by atoms with E-state index in [0.717, 1.165) is 12.7 Å². The highest BCUT2D eigenvalue weighted by atomic mass is 16.1. The lowest BCUT2D eigenvalue weighted by atomic mass is 10.2. The van der Waals surface area contributed by atoms with Crippen LogP contribution < -0.4 is 0 Å². The molecule has 0 fully saturated rings. The molecule has 0 N–H and O–H groups in total. The Morgan fingerprint density at radius 3 is 2.55 bits per heavy atom. The van der Waals surface area contributed by atoms with Crippen LogP contribution in [0.5, 0.6) is 0 Å². The van der Waals surface area contributed by atoms with Crippen LogP contribution in [-0.2, 0) is 4.79 Å². The molecule has 0 aliphatic carbocycles. The number of hydrogen-bond donors (Lipinski definition) is 0. The minimum Gasteiger partial charge on any atom is -0.299 e. The van der Waals surface area contributed by atoms with Crippen LogP contribution in [0.4, 0.5) is 0 Å². The fourth-order valence-electron chi connectivity index (χ4n) is 0.796. The van der Waals surface area contributed by atoms with Gasteiger partial charge in [0, 0.05) is 0 Å². The van der Waals surface area contributed by atoms with E-state index in [4.69, 9.17) is 0 Å². The molecule has 0 radical (unpaired) electrons. The molecular weight excluding hydrogens is 138 g/mol. The molecular formula is C10H16O. The van der Waals surface area contributed by atoms with E-state index >= 15 is 0 Å². The maximum atomic E-state index is 9.82. The largest absolute Gasteiger partial charge is 0.299 e. The summed E-state index contributed by atoms with van der Waals surface area (Å²) in [5, 5.41) is 0. The quantitative estimate of drug-likeness (QED) is 0.189. The summed E-state index contributed by atoms with van der Waals surface area (Å²) in [6, 6.07) is 0. The van der Waals surface area contributed by atoms with Crippen LogP contribution >= 0.6 is 0 Å². The van der Waals surface area contributed by atoms with E-state index in [1.807, 2.05) is 6.08 Å². The Bertz CT molecular complexity index is 134. The molecule has 0 aromatic heterocycles. The third-order valence-electron chi connectivity index (χ3n) is 1.41. The van der Waals surface area contributed by atoms with Gasteiger partial charge in [-0.1, -0.05) is 38.0 Å². The molecule has 0 unspecified atom stereocenters. The van der Waals surface area contributed by atoms with Crippen molar-refractivity contribution in [2.24, 2.45) is 0 Å². The average molecular weight is 154 g/mol. The molecule has 0 aliphatic heterocycles. The lowest BCUT2D eigenvalue weighted by molar-refractivity contribution is -0.104. The number of carbonyl (C=O) groups is 1. The van der Waals surface area contributed by atoms with Gasteiger partial charge in [0.1, 0.15) is 6.29 Å². The van der Waals surface area contributed by atoms with Crippen molar-refractivity contribution in [3.63, 3.8) is 0 Å². The smallest absolute Gasteiger partial charge is 0.142 e. The summed E-state index contributed by atoms with van der Waals surface area (Å²) in [5.74, 6) is 0. The zero-order valence-corrected chi connectivity index (χ0v) is 7.12. The van der Waals surface area contributed by atoms with E-state index in [1.165, 1.54) is 25.3 Å². The van der Waals surface area contributed by atoms with Crippen molar-refractivity contribution in [2.45, 2.75) is 32.6 Å². The van der Waals surface area contributed by atoms with Crippen molar-refractivity contribution in [3.8, 4) is 0 Å². The number of hydrogen-bond acceptors (Lipinski definition) is 1. The number of rotatable bonds is 6. The summed E-state index contributed by atoms with van der Waals surface area (Å²) in [6.45, 7) is 2.19. The second kappa shape index (κ2) is 9.15. The highest BCUT2D eigenvalue weighted by molar-refractivity contribution is 5.65. The van der Waals surface area contributed by atoms with Gasteiger partial charge in [-0.15, -0.1) is 0 Å². The van der Waals surface area contributed by atoms with Gasteiger partial charge in [0.25, 0.3) is 0 Å². The Morgan fingerprint density at radius 1 is 1.09 bits per heavy atom. The minimum absolute atomic E-state index is 0.788. The predicted octanol–water partition coefficient (Wildman–Crippen LogP) is 2.88. The zero-order valence-electron chi connectivity index (χ0n) is 7.12. The van der Waals surface area contributed by atoms with Crippen LogP contribution in [0.15, 0.2) is 24.3 Å². The Morgan fingerprint density at radius 2 is 1.91 bits per heavy atom. The summed E-state index contributed by atoms with van der Waals surface area (Å²) in [6.07, 6.45) is 13.0. The Hall–Kier alpha value is -0.850. The predicted molar refractivity (Wildman–Crippen MR) is 48.5 cm³/mol. The van der Waals surface area contributed by atoms with Crippen LogP contribution in [-0.4, -0.2) is 6.29 Å². The topological polar surface area (TPSA) is 17.1 Å². The van der Waals surface area contributed by atoms with Gasteiger partial charge in [0.15, 0.2) is 0 Å². The molecule has 11 heavy (non-hydrogen) atoms. The van der Waals surface area contributed by atoms with Crippen molar-refractivity contribution in [2.75, 3.05) is 0 Å². The van der Waals surface area contributed by atoms with Gasteiger partial charge in [-0.2, -0.15) is 0 Å². The second-order valence-electron chi connectivity index (χ2n) is 2.44. The first-order chi connectivity index (χ1) is 5.41. The van der Waals surface area contributed by atoms with Crippen LogP contribution in [0, 0.1) is 0 Å². The molecule has 1 nitrogen and oxygen atoms in total. The van der Waals surface area contributed by atoms with E-state index in [0.29, 0.717) is 0 Å². The van der Waals surface area contributed by atoms with Crippen LogP contribution in [0.1, 0.15) is 32.6 Å². The van der Waals surface area contributed by atoms with Gasteiger partial charge in [-0.05, 0) is 18.9 Å². The first-order valence-electron chi connectivity index (χ1n) is 4.18. The molecule has 0 atom stereocenters. The summed E-state index contributed by atoms with van der Waals surface area (Å²) in [4.78, 5) is 9.82. The minimum atomic E-state index is 0.788. The van der Waals surface area contributed by atoms with Crippen LogP contribution in [0.2, 0.25) is 0 Å². The zero-order chi connectivity index (χ0) is 8.36. The van der Waals surface area contributed by atoms with E-state index in [1.54, 1.807) is 6.08 Å². The van der Waals surface area contributed by atoms with E-state index in [2.05, 4.69) is 13.0 Å². The monoisotopic (exact) mass is 154 g/mol. The van der Waals surface area contributed by atoms with Crippen molar-refractivity contribution in [1.82, 2.24) is 0 Å². The molecule has 0 rings (SSSR count). The molecule has 0 aromatic carbocycles. The average Bonchev–Trinajstić information content (AvgIpc) is 2.03. The summed E-state index contributed by atoms with van der Waals surface area (Å²) < 4.78 is 0. The van der Waals surface area contributed by atoms with Crippen LogP contribution in [0.3, 0.4) is 0 Å². The Balaban J connectivity index is 3.15. The van der Waals surface area contributed by atoms with Gasteiger partial charge in [-0.25, -0.2) is 0 Å². The van der Waals surface area contributed by atoms with Gasteiger partial charge in [0.2, 0.25) is 0 Å². The van der Waals surface area contributed by atoms with E-state index < -0.39 is 0 Å². The maximum absolute atomic E-state index is 9.82. The van der Waals surface area contributed by atoms with E-state index in [9.17, 15) is 4.79 Å². The molecule has 0 amide bonds. The molecule has 62 valence electrons. The molecule has 1 heteroatoms. The second-order valence-corrected chi connectivity index (χ2v) is 2.44. The van der Waals surface area contributed by atoms with Gasteiger partial charge in [-0.3, -0.25) is 4.79 Å². The maximum Gasteiger partial charge on any atom is 0.142 e. The van der Waals surface area contributed by atoms with E-state index in [-0.39, 0.29) is 0 Å². The standard InChI is InChI=1S/C10H16O/c1-2-3-4-5-6-7-8-9-10-11/h6-10H,2-5H2,1H3/b7-6+,9-8+/i7+1,9+1. The third kappa shape index (κ3) is 9.15. The highest BCUT2D eigenvalue weighted by Gasteiger charge is 1.79. The van der Waals surface area contributed by atoms with Gasteiger partial charge in [0.05, 0.1) is 0 Å². The molecule has 0 heterocycles. The molecule has 0 bridgehead atoms. The van der Waals surface area contributed by atoms with Crippen molar-refractivity contribution in [3.05, 3.63) is 24.3 Å². The highest BCUT2D eigenvalue weighted by Crippen LogP contribution is 1.99. The Kier molecular flexibility index (Phi) is 8.44. The number of carbonyl (C=O) groups excluding carboxylic acids is 1. The number of aldehydes is 1. The van der Waals surface area contributed by atoms with Gasteiger partial charge < -0.3 is 0 Å². The lowest BCUT2D eigenvalue weighted by Crippen LogP contribution is -1.69. The summed E-state index contributed by atoms with van der Waals surface area (Å²) >= 11 is 0. The summed E-state index contributed by atoms with van der Waals surface area (Å²) in [7, 11) is 0. The summed E-state index contributed by atoms with van der Waals surface area (Å²) in [5.41, 5.74) is 0. The fourth-order valence-corrected chi connectivity index (χ4v) is 0.796. The fraction of sp³-hybridized carbons (Fsp3) is 0.500. The lowest BCUT2D eigenvalue weighted by Gasteiger charge is -1.89. The third-order valence-corrected chi connectivity index (χ3v) is 1.41. The molecule has 0 aromatic rings. The van der Waals surface area contributed by atoms with Gasteiger partial charge >= 0.3 is 0 Å². The molecule has 0 spiro atoms. The van der Waals surface area contributed by atoms with Crippen molar-refractivity contribution >= 4 is 6.29 Å². The Labute approximate surface area is 68.8 Å². The first kappa shape index (κ1) is 10.2. The molecule has 0 saturated heterocycles. The SMILES string of the molecule is CCCCC/C=[13CH]/C=[13CH]/C=O. The van der Waals surface area contributed by atoms with Crippen molar-refractivity contribution < 1.29 is 4.79 Å². The van der Waals surface area contributed by atoms with Crippen molar-refractivity contribution in [1.29, 1.82) is 0 Å². The number of unbranched alkanes of at least 4 members (excludes halogenated alkanes) is 3. The van der Waals surface area contributed by atoms with Crippen LogP contribution in [0.25, 0.3) is 0 Å². The molecule has 0 aliphatic rings.